The SMILES string of the molecule is Nc1cc(C(=O)N2CCN(c3cnccn3)CC2)[nH]n1. The van der Waals surface area contributed by atoms with E-state index < -0.39 is 0 Å². The van der Waals surface area contributed by atoms with Crippen LogP contribution in [0, 0.1) is 0 Å². The molecular weight excluding hydrogens is 258 g/mol. The molecule has 0 radical (unpaired) electrons. The van der Waals surface area contributed by atoms with Gasteiger partial charge in [-0.3, -0.25) is 14.9 Å². The van der Waals surface area contributed by atoms with Crippen LogP contribution < -0.4 is 10.6 Å². The first kappa shape index (κ1) is 12.4. The van der Waals surface area contributed by atoms with Gasteiger partial charge in [0.2, 0.25) is 0 Å². The number of carbonyl (C=O) groups excluding carboxylic acids is 1. The van der Waals surface area contributed by atoms with Gasteiger partial charge < -0.3 is 15.5 Å². The number of anilines is 2. The van der Waals surface area contributed by atoms with Gasteiger partial charge in [0, 0.05) is 44.6 Å². The molecule has 3 rings (SSSR count). The number of aromatic nitrogens is 4. The number of amides is 1. The first-order valence-corrected chi connectivity index (χ1v) is 6.35. The molecule has 0 saturated carbocycles. The summed E-state index contributed by atoms with van der Waals surface area (Å²) in [6.07, 6.45) is 5.04. The zero-order chi connectivity index (χ0) is 13.9. The molecule has 3 heterocycles. The number of nitrogens with zero attached hydrogens (tertiary/aromatic N) is 5. The Labute approximate surface area is 115 Å². The summed E-state index contributed by atoms with van der Waals surface area (Å²) < 4.78 is 0. The Morgan fingerprint density at radius 1 is 1.25 bits per heavy atom. The minimum atomic E-state index is -0.0759. The van der Waals surface area contributed by atoms with Gasteiger partial charge in [0.15, 0.2) is 0 Å². The fraction of sp³-hybridized carbons (Fsp3) is 0.333. The van der Waals surface area contributed by atoms with Crippen LogP contribution in [-0.4, -0.2) is 57.2 Å². The van der Waals surface area contributed by atoms with Crippen molar-refractivity contribution in [2.24, 2.45) is 0 Å². The van der Waals surface area contributed by atoms with E-state index in [1.165, 1.54) is 0 Å². The Hall–Kier alpha value is -2.64. The average Bonchev–Trinajstić information content (AvgIpc) is 2.94. The Kier molecular flexibility index (Phi) is 3.20. The van der Waals surface area contributed by atoms with Crippen molar-refractivity contribution in [3.05, 3.63) is 30.4 Å². The van der Waals surface area contributed by atoms with Gasteiger partial charge in [-0.2, -0.15) is 5.10 Å². The number of rotatable bonds is 2. The second kappa shape index (κ2) is 5.16. The number of nitrogens with one attached hydrogen (secondary N) is 1. The highest BCUT2D eigenvalue weighted by Crippen LogP contribution is 2.13. The number of aromatic amines is 1. The number of H-pyrrole nitrogens is 1. The normalized spacial score (nSPS) is 15.4. The van der Waals surface area contributed by atoms with Crippen molar-refractivity contribution in [3.63, 3.8) is 0 Å². The lowest BCUT2D eigenvalue weighted by Gasteiger charge is -2.34. The van der Waals surface area contributed by atoms with Gasteiger partial charge in [-0.15, -0.1) is 0 Å². The van der Waals surface area contributed by atoms with E-state index in [4.69, 9.17) is 5.73 Å². The van der Waals surface area contributed by atoms with Crippen LogP contribution in [0.15, 0.2) is 24.7 Å². The molecule has 0 atom stereocenters. The summed E-state index contributed by atoms with van der Waals surface area (Å²) in [4.78, 5) is 24.4. The van der Waals surface area contributed by atoms with E-state index in [9.17, 15) is 4.79 Å². The fourth-order valence-corrected chi connectivity index (χ4v) is 2.21. The second-order valence-corrected chi connectivity index (χ2v) is 4.55. The monoisotopic (exact) mass is 273 g/mol. The van der Waals surface area contributed by atoms with Crippen molar-refractivity contribution in [2.45, 2.75) is 0 Å². The molecule has 2 aromatic heterocycles. The summed E-state index contributed by atoms with van der Waals surface area (Å²) in [5, 5.41) is 6.41. The number of nitrogen functional groups attached to an aromatic ring is 1. The lowest BCUT2D eigenvalue weighted by molar-refractivity contribution is 0.0740. The van der Waals surface area contributed by atoms with E-state index in [1.54, 1.807) is 29.6 Å². The lowest BCUT2D eigenvalue weighted by atomic mass is 10.2. The molecule has 1 fully saturated rings. The minimum Gasteiger partial charge on any atom is -0.382 e. The maximum atomic E-state index is 12.2. The molecule has 0 bridgehead atoms. The molecule has 1 aliphatic heterocycles. The van der Waals surface area contributed by atoms with Crippen LogP contribution in [0.4, 0.5) is 11.6 Å². The van der Waals surface area contributed by atoms with Gasteiger partial charge >= 0.3 is 0 Å². The van der Waals surface area contributed by atoms with E-state index >= 15 is 0 Å². The van der Waals surface area contributed by atoms with Crippen molar-refractivity contribution in [1.82, 2.24) is 25.1 Å². The van der Waals surface area contributed by atoms with Gasteiger partial charge in [0.05, 0.1) is 6.20 Å². The highest BCUT2D eigenvalue weighted by atomic mass is 16.2. The third-order valence-electron chi connectivity index (χ3n) is 3.27. The highest BCUT2D eigenvalue weighted by molar-refractivity contribution is 5.93. The summed E-state index contributed by atoms with van der Waals surface area (Å²) in [6.45, 7) is 2.73. The first-order valence-electron chi connectivity index (χ1n) is 6.35. The van der Waals surface area contributed by atoms with E-state index in [-0.39, 0.29) is 5.91 Å². The van der Waals surface area contributed by atoms with Crippen LogP contribution in [0.2, 0.25) is 0 Å². The molecule has 0 aromatic carbocycles. The van der Waals surface area contributed by atoms with E-state index in [1.807, 2.05) is 0 Å². The van der Waals surface area contributed by atoms with Gasteiger partial charge in [-0.25, -0.2) is 4.98 Å². The summed E-state index contributed by atoms with van der Waals surface area (Å²) in [6, 6.07) is 1.55. The van der Waals surface area contributed by atoms with Crippen molar-refractivity contribution in [3.8, 4) is 0 Å². The number of hydrogen-bond acceptors (Lipinski definition) is 6. The predicted molar refractivity (Wildman–Crippen MR) is 73.1 cm³/mol. The standard InChI is InChI=1S/C12H15N7O/c13-10-7-9(16-17-10)12(20)19-5-3-18(4-6-19)11-8-14-1-2-15-11/h1-2,7-8H,3-6H2,(H3,13,16,17). The maximum Gasteiger partial charge on any atom is 0.272 e. The molecule has 0 unspecified atom stereocenters. The van der Waals surface area contributed by atoms with E-state index in [0.717, 1.165) is 18.9 Å². The minimum absolute atomic E-state index is 0.0759. The van der Waals surface area contributed by atoms with E-state index in [0.29, 0.717) is 24.6 Å². The highest BCUT2D eigenvalue weighted by Gasteiger charge is 2.23. The summed E-state index contributed by atoms with van der Waals surface area (Å²) in [5.41, 5.74) is 5.93. The molecule has 0 aliphatic carbocycles. The molecule has 1 amide bonds. The van der Waals surface area contributed by atoms with Crippen LogP contribution in [-0.2, 0) is 0 Å². The molecule has 0 spiro atoms. The summed E-state index contributed by atoms with van der Waals surface area (Å²) in [7, 11) is 0. The molecule has 1 saturated heterocycles. The molecule has 2 aromatic rings. The molecule has 3 N–H and O–H groups in total. The van der Waals surface area contributed by atoms with Crippen LogP contribution in [0.25, 0.3) is 0 Å². The van der Waals surface area contributed by atoms with Crippen molar-refractivity contribution < 1.29 is 4.79 Å². The maximum absolute atomic E-state index is 12.2. The molecule has 8 nitrogen and oxygen atoms in total. The number of piperazine rings is 1. The Morgan fingerprint density at radius 3 is 2.65 bits per heavy atom. The second-order valence-electron chi connectivity index (χ2n) is 4.55. The number of carbonyl (C=O) groups is 1. The van der Waals surface area contributed by atoms with Gasteiger partial charge in [0.25, 0.3) is 5.91 Å². The quantitative estimate of drug-likeness (QED) is 0.781. The molecule has 20 heavy (non-hydrogen) atoms. The van der Waals surface area contributed by atoms with Gasteiger partial charge in [-0.05, 0) is 0 Å². The van der Waals surface area contributed by atoms with Crippen molar-refractivity contribution in [2.75, 3.05) is 36.8 Å². The van der Waals surface area contributed by atoms with Crippen LogP contribution in [0.1, 0.15) is 10.5 Å². The Bertz CT molecular complexity index is 589. The smallest absolute Gasteiger partial charge is 0.272 e. The van der Waals surface area contributed by atoms with Gasteiger partial charge in [0.1, 0.15) is 17.3 Å². The summed E-state index contributed by atoms with van der Waals surface area (Å²) in [5.74, 6) is 1.09. The lowest BCUT2D eigenvalue weighted by Crippen LogP contribution is -2.49. The third kappa shape index (κ3) is 2.40. The number of nitrogens with two attached hydrogens (primary N) is 1. The topological polar surface area (TPSA) is 104 Å². The Balaban J connectivity index is 1.63. The fourth-order valence-electron chi connectivity index (χ4n) is 2.21. The molecule has 104 valence electrons. The Morgan fingerprint density at radius 2 is 2.05 bits per heavy atom. The first-order chi connectivity index (χ1) is 9.74. The van der Waals surface area contributed by atoms with E-state index in [2.05, 4.69) is 25.1 Å². The van der Waals surface area contributed by atoms with Crippen LogP contribution >= 0.6 is 0 Å². The predicted octanol–water partition coefficient (Wildman–Crippen LogP) is -0.256. The zero-order valence-electron chi connectivity index (χ0n) is 10.9. The average molecular weight is 273 g/mol. The van der Waals surface area contributed by atoms with Crippen LogP contribution in [0.5, 0.6) is 0 Å². The third-order valence-corrected chi connectivity index (χ3v) is 3.27. The largest absolute Gasteiger partial charge is 0.382 e. The van der Waals surface area contributed by atoms with Crippen molar-refractivity contribution in [1.29, 1.82) is 0 Å². The molecule has 8 heteroatoms. The number of hydrogen-bond donors (Lipinski definition) is 2. The molecule has 1 aliphatic rings. The van der Waals surface area contributed by atoms with Crippen molar-refractivity contribution >= 4 is 17.5 Å². The molecular formula is C12H15N7O. The summed E-state index contributed by atoms with van der Waals surface area (Å²) >= 11 is 0. The van der Waals surface area contributed by atoms with Gasteiger partial charge in [-0.1, -0.05) is 0 Å². The zero-order valence-corrected chi connectivity index (χ0v) is 10.9. The van der Waals surface area contributed by atoms with Crippen LogP contribution in [0.3, 0.4) is 0 Å².